The molecule has 5 rings (SSSR count). The second kappa shape index (κ2) is 9.85. The van der Waals surface area contributed by atoms with Crippen molar-refractivity contribution < 1.29 is 14.4 Å². The van der Waals surface area contributed by atoms with E-state index < -0.39 is 0 Å². The largest absolute Gasteiger partial charge is 0.490 e. The first-order valence-corrected chi connectivity index (χ1v) is 12.8. The summed E-state index contributed by atoms with van der Waals surface area (Å²) < 4.78 is 7.11. The Hall–Kier alpha value is -2.38. The Morgan fingerprint density at radius 2 is 2.12 bits per heavy atom. The van der Waals surface area contributed by atoms with E-state index in [0.717, 1.165) is 54.4 Å². The van der Waals surface area contributed by atoms with Gasteiger partial charge < -0.3 is 14.5 Å². The van der Waals surface area contributed by atoms with E-state index >= 15 is 0 Å². The lowest BCUT2D eigenvalue weighted by atomic mass is 9.99. The fourth-order valence-corrected chi connectivity index (χ4v) is 5.66. The summed E-state index contributed by atoms with van der Waals surface area (Å²) in [6, 6.07) is 9.83. The van der Waals surface area contributed by atoms with Gasteiger partial charge in [0, 0.05) is 37.6 Å². The molecule has 0 bridgehead atoms. The Morgan fingerprint density at radius 3 is 2.85 bits per heavy atom. The molecule has 0 saturated heterocycles. The standard InChI is InChI=1S/C25H28ClN3O3S/c1-29-13-12-27-25(29)16-6-8-19(22(14-16)31-17-4-2-3-5-17)20-15-18(32-28-20)7-9-21(30)23-10-11-24(26)33-23/h6,8,10-11,14,17-18H,2-5,7,9,12-13,15H2,1H3. The van der Waals surface area contributed by atoms with Gasteiger partial charge in [0.2, 0.25) is 0 Å². The lowest BCUT2D eigenvalue weighted by Gasteiger charge is -2.19. The lowest BCUT2D eigenvalue weighted by Crippen LogP contribution is -2.24. The molecule has 1 fully saturated rings. The van der Waals surface area contributed by atoms with E-state index in [9.17, 15) is 4.79 Å². The SMILES string of the molecule is CN1CCN=C1c1ccc(C2=NOC(CCC(=O)c3ccc(Cl)s3)C2)c(OC2CCCC2)c1. The average Bonchev–Trinajstić information content (AvgIpc) is 3.61. The number of benzene rings is 1. The molecule has 2 aromatic rings. The summed E-state index contributed by atoms with van der Waals surface area (Å²) in [7, 11) is 2.07. The van der Waals surface area contributed by atoms with Crippen molar-refractivity contribution in [2.75, 3.05) is 20.1 Å². The molecule has 1 aromatic heterocycles. The molecule has 3 heterocycles. The molecular weight excluding hydrogens is 458 g/mol. The number of rotatable bonds is 8. The number of amidine groups is 1. The quantitative estimate of drug-likeness (QED) is 0.458. The summed E-state index contributed by atoms with van der Waals surface area (Å²) in [4.78, 5) is 25.7. The van der Waals surface area contributed by atoms with E-state index in [0.29, 0.717) is 28.5 Å². The molecule has 33 heavy (non-hydrogen) atoms. The van der Waals surface area contributed by atoms with Crippen LogP contribution >= 0.6 is 22.9 Å². The van der Waals surface area contributed by atoms with Gasteiger partial charge in [-0.1, -0.05) is 22.8 Å². The van der Waals surface area contributed by atoms with Gasteiger partial charge in [-0.15, -0.1) is 11.3 Å². The number of ether oxygens (including phenoxy) is 1. The topological polar surface area (TPSA) is 63.5 Å². The molecule has 1 atom stereocenters. The highest BCUT2D eigenvalue weighted by molar-refractivity contribution is 7.18. The molecule has 8 heteroatoms. The maximum absolute atomic E-state index is 12.4. The Balaban J connectivity index is 1.29. The zero-order valence-corrected chi connectivity index (χ0v) is 20.3. The Bertz CT molecular complexity index is 1090. The molecule has 0 N–H and O–H groups in total. The Kier molecular flexibility index (Phi) is 6.69. The van der Waals surface area contributed by atoms with Crippen molar-refractivity contribution in [1.29, 1.82) is 0 Å². The van der Waals surface area contributed by atoms with Gasteiger partial charge in [-0.05, 0) is 56.4 Å². The number of carbonyl (C=O) groups is 1. The van der Waals surface area contributed by atoms with E-state index in [-0.39, 0.29) is 18.0 Å². The van der Waals surface area contributed by atoms with E-state index in [2.05, 4.69) is 40.3 Å². The van der Waals surface area contributed by atoms with Crippen LogP contribution in [0.3, 0.4) is 0 Å². The van der Waals surface area contributed by atoms with Gasteiger partial charge in [0.1, 0.15) is 17.7 Å². The Morgan fingerprint density at radius 1 is 1.27 bits per heavy atom. The monoisotopic (exact) mass is 485 g/mol. The summed E-state index contributed by atoms with van der Waals surface area (Å²) in [6.45, 7) is 1.76. The highest BCUT2D eigenvalue weighted by Crippen LogP contribution is 2.32. The predicted molar refractivity (Wildman–Crippen MR) is 132 cm³/mol. The lowest BCUT2D eigenvalue weighted by molar-refractivity contribution is 0.0720. The number of hydrogen-bond acceptors (Lipinski definition) is 7. The van der Waals surface area contributed by atoms with Crippen LogP contribution in [0.15, 0.2) is 40.5 Å². The highest BCUT2D eigenvalue weighted by atomic mass is 35.5. The smallest absolute Gasteiger partial charge is 0.172 e. The van der Waals surface area contributed by atoms with Crippen LogP contribution in [0.4, 0.5) is 0 Å². The number of halogens is 1. The number of Topliss-reactive ketones (excluding diaryl/α,β-unsaturated/α-hetero) is 1. The van der Waals surface area contributed by atoms with Gasteiger partial charge in [0.15, 0.2) is 5.78 Å². The minimum absolute atomic E-state index is 0.0972. The fourth-order valence-electron chi connectivity index (χ4n) is 4.65. The minimum atomic E-state index is -0.108. The van der Waals surface area contributed by atoms with Crippen LogP contribution in [0.2, 0.25) is 4.34 Å². The van der Waals surface area contributed by atoms with Crippen molar-refractivity contribution in [3.05, 3.63) is 50.7 Å². The third kappa shape index (κ3) is 5.09. The van der Waals surface area contributed by atoms with Crippen molar-refractivity contribution in [2.24, 2.45) is 10.1 Å². The van der Waals surface area contributed by atoms with Gasteiger partial charge in [0.05, 0.1) is 27.6 Å². The van der Waals surface area contributed by atoms with E-state index in [1.165, 1.54) is 24.2 Å². The number of likely N-dealkylation sites (N-methyl/N-ethyl adjacent to an activating group) is 1. The summed E-state index contributed by atoms with van der Waals surface area (Å²) in [5.74, 6) is 1.96. The molecule has 174 valence electrons. The fraction of sp³-hybridized carbons (Fsp3) is 0.480. The molecule has 1 unspecified atom stereocenters. The van der Waals surface area contributed by atoms with Crippen molar-refractivity contribution in [2.45, 2.75) is 57.2 Å². The van der Waals surface area contributed by atoms with Crippen LogP contribution in [0.5, 0.6) is 5.75 Å². The van der Waals surface area contributed by atoms with Gasteiger partial charge in [-0.3, -0.25) is 9.79 Å². The molecule has 0 amide bonds. The third-order valence-corrected chi connectivity index (χ3v) is 7.75. The molecular formula is C25H28ClN3O3S. The molecule has 6 nitrogen and oxygen atoms in total. The van der Waals surface area contributed by atoms with E-state index in [1.54, 1.807) is 12.1 Å². The Labute approximate surface area is 203 Å². The van der Waals surface area contributed by atoms with Gasteiger partial charge in [-0.25, -0.2) is 0 Å². The highest BCUT2D eigenvalue weighted by Gasteiger charge is 2.28. The van der Waals surface area contributed by atoms with Crippen LogP contribution in [0.25, 0.3) is 0 Å². The number of hydrogen-bond donors (Lipinski definition) is 0. The average molecular weight is 486 g/mol. The molecule has 1 aliphatic carbocycles. The van der Waals surface area contributed by atoms with Crippen molar-refractivity contribution in [3.63, 3.8) is 0 Å². The number of aliphatic imine (C=N–C) groups is 1. The maximum Gasteiger partial charge on any atom is 0.172 e. The van der Waals surface area contributed by atoms with Crippen LogP contribution in [0.1, 0.15) is 65.7 Å². The third-order valence-electron chi connectivity index (χ3n) is 6.48. The minimum Gasteiger partial charge on any atom is -0.490 e. The number of carbonyl (C=O) groups excluding carboxylic acids is 1. The molecule has 1 saturated carbocycles. The number of nitrogens with zero attached hydrogens (tertiary/aromatic N) is 3. The summed E-state index contributed by atoms with van der Waals surface area (Å²) in [5, 5.41) is 4.39. The van der Waals surface area contributed by atoms with E-state index in [1.807, 2.05) is 0 Å². The normalized spacial score (nSPS) is 20.7. The molecule has 2 aliphatic heterocycles. The maximum atomic E-state index is 12.4. The summed E-state index contributed by atoms with van der Waals surface area (Å²) >= 11 is 7.28. The summed E-state index contributed by atoms with van der Waals surface area (Å²) in [6.07, 6.45) is 6.45. The predicted octanol–water partition coefficient (Wildman–Crippen LogP) is 5.57. The molecule has 3 aliphatic rings. The zero-order valence-electron chi connectivity index (χ0n) is 18.8. The van der Waals surface area contributed by atoms with Gasteiger partial charge in [-0.2, -0.15) is 0 Å². The van der Waals surface area contributed by atoms with E-state index in [4.69, 9.17) is 21.2 Å². The van der Waals surface area contributed by atoms with Crippen molar-refractivity contribution in [1.82, 2.24) is 4.90 Å². The second-order valence-electron chi connectivity index (χ2n) is 8.90. The first-order valence-electron chi connectivity index (χ1n) is 11.6. The van der Waals surface area contributed by atoms with Crippen LogP contribution < -0.4 is 4.74 Å². The first-order chi connectivity index (χ1) is 16.1. The van der Waals surface area contributed by atoms with Gasteiger partial charge in [0.25, 0.3) is 0 Å². The number of oxime groups is 1. The molecule has 0 radical (unpaired) electrons. The molecule has 1 aromatic carbocycles. The second-order valence-corrected chi connectivity index (χ2v) is 10.6. The van der Waals surface area contributed by atoms with Crippen molar-refractivity contribution >= 4 is 40.3 Å². The molecule has 0 spiro atoms. The summed E-state index contributed by atoms with van der Waals surface area (Å²) in [5.41, 5.74) is 2.93. The zero-order chi connectivity index (χ0) is 22.8. The first kappa shape index (κ1) is 22.4. The number of thiophene rings is 1. The van der Waals surface area contributed by atoms with Gasteiger partial charge >= 0.3 is 0 Å². The van der Waals surface area contributed by atoms with Crippen LogP contribution in [-0.4, -0.2) is 54.6 Å². The number of ketones is 1. The van der Waals surface area contributed by atoms with Crippen LogP contribution in [-0.2, 0) is 4.84 Å². The van der Waals surface area contributed by atoms with Crippen molar-refractivity contribution in [3.8, 4) is 5.75 Å². The van der Waals surface area contributed by atoms with Crippen LogP contribution in [0, 0.1) is 0 Å².